The van der Waals surface area contributed by atoms with Crippen molar-refractivity contribution >= 4 is 43.5 Å². The largest absolute Gasteiger partial charge is 0.369 e. The lowest BCUT2D eigenvalue weighted by Crippen LogP contribution is -2.33. The molecule has 0 radical (unpaired) electrons. The second kappa shape index (κ2) is 5.13. The van der Waals surface area contributed by atoms with E-state index in [0.717, 1.165) is 0 Å². The number of amides is 1. The maximum atomic E-state index is 11.7. The fourth-order valence-corrected chi connectivity index (χ4v) is 2.97. The molecule has 0 spiro atoms. The molecule has 0 aliphatic heterocycles. The maximum absolute atomic E-state index is 11.7. The molecule has 0 aromatic heterocycles. The van der Waals surface area contributed by atoms with Gasteiger partial charge in [-0.1, -0.05) is 27.5 Å². The Morgan fingerprint density at radius 1 is 1.50 bits per heavy atom. The minimum Gasteiger partial charge on any atom is -0.369 e. The maximum Gasteiger partial charge on any atom is 0.242 e. The summed E-state index contributed by atoms with van der Waals surface area (Å²) in [5.74, 6) is -0.767. The molecule has 0 heterocycles. The van der Waals surface area contributed by atoms with Gasteiger partial charge in [-0.15, -0.1) is 0 Å². The SMILES string of the molecule is NC(=O)CNS(=O)(=O)c1ccc(Br)cc1Cl. The molecule has 1 aromatic rings. The zero-order chi connectivity index (χ0) is 12.3. The Morgan fingerprint density at radius 2 is 2.12 bits per heavy atom. The summed E-state index contributed by atoms with van der Waals surface area (Å²) in [4.78, 5) is 10.4. The summed E-state index contributed by atoms with van der Waals surface area (Å²) < 4.78 is 26.0. The lowest BCUT2D eigenvalue weighted by atomic mass is 10.4. The lowest BCUT2D eigenvalue weighted by molar-refractivity contribution is -0.116. The minimum atomic E-state index is -3.81. The first-order valence-electron chi connectivity index (χ1n) is 4.06. The average molecular weight is 328 g/mol. The first-order chi connectivity index (χ1) is 7.33. The van der Waals surface area contributed by atoms with Crippen molar-refractivity contribution in [2.45, 2.75) is 4.90 Å². The van der Waals surface area contributed by atoms with E-state index >= 15 is 0 Å². The molecule has 16 heavy (non-hydrogen) atoms. The molecule has 0 bridgehead atoms. The highest BCUT2D eigenvalue weighted by molar-refractivity contribution is 9.10. The molecule has 3 N–H and O–H groups in total. The number of rotatable bonds is 4. The first-order valence-corrected chi connectivity index (χ1v) is 6.71. The van der Waals surface area contributed by atoms with Gasteiger partial charge in [-0.2, -0.15) is 0 Å². The molecule has 0 saturated carbocycles. The normalized spacial score (nSPS) is 11.4. The molecule has 0 fully saturated rings. The third-order valence-corrected chi connectivity index (χ3v) is 4.00. The fourth-order valence-electron chi connectivity index (χ4n) is 0.937. The number of primary amides is 1. The van der Waals surface area contributed by atoms with Crippen molar-refractivity contribution < 1.29 is 13.2 Å². The highest BCUT2D eigenvalue weighted by Gasteiger charge is 2.18. The van der Waals surface area contributed by atoms with Gasteiger partial charge in [0.25, 0.3) is 0 Å². The van der Waals surface area contributed by atoms with Gasteiger partial charge in [0, 0.05) is 4.47 Å². The van der Waals surface area contributed by atoms with Crippen LogP contribution in [0.4, 0.5) is 0 Å². The number of benzene rings is 1. The highest BCUT2D eigenvalue weighted by atomic mass is 79.9. The number of carbonyl (C=O) groups is 1. The summed E-state index contributed by atoms with van der Waals surface area (Å²) >= 11 is 8.92. The van der Waals surface area contributed by atoms with E-state index in [0.29, 0.717) is 4.47 Å². The van der Waals surface area contributed by atoms with Gasteiger partial charge in [0.1, 0.15) is 4.90 Å². The number of sulfonamides is 1. The van der Waals surface area contributed by atoms with Crippen LogP contribution in [0.15, 0.2) is 27.6 Å². The molecule has 1 aromatic carbocycles. The summed E-state index contributed by atoms with van der Waals surface area (Å²) in [6.07, 6.45) is 0. The summed E-state index contributed by atoms with van der Waals surface area (Å²) in [6.45, 7) is -0.464. The summed E-state index contributed by atoms with van der Waals surface area (Å²) in [6, 6.07) is 4.31. The van der Waals surface area contributed by atoms with E-state index in [9.17, 15) is 13.2 Å². The number of hydrogen-bond donors (Lipinski definition) is 2. The van der Waals surface area contributed by atoms with Gasteiger partial charge >= 0.3 is 0 Å². The Kier molecular flexibility index (Phi) is 4.31. The Morgan fingerprint density at radius 3 is 2.62 bits per heavy atom. The Bertz CT molecular complexity index is 518. The lowest BCUT2D eigenvalue weighted by Gasteiger charge is -2.06. The van der Waals surface area contributed by atoms with Crippen LogP contribution in [-0.2, 0) is 14.8 Å². The van der Waals surface area contributed by atoms with E-state index in [4.69, 9.17) is 17.3 Å². The predicted molar refractivity (Wildman–Crippen MR) is 63.5 cm³/mol. The quantitative estimate of drug-likeness (QED) is 0.860. The van der Waals surface area contributed by atoms with Gasteiger partial charge in [-0.05, 0) is 18.2 Å². The van der Waals surface area contributed by atoms with Crippen LogP contribution in [0.25, 0.3) is 0 Å². The van der Waals surface area contributed by atoms with Gasteiger partial charge in [0.2, 0.25) is 15.9 Å². The second-order valence-electron chi connectivity index (χ2n) is 2.87. The zero-order valence-electron chi connectivity index (χ0n) is 7.91. The van der Waals surface area contributed by atoms with Gasteiger partial charge in [-0.25, -0.2) is 13.1 Å². The average Bonchev–Trinajstić information content (AvgIpc) is 2.14. The molecule has 0 saturated heterocycles. The molecule has 0 unspecified atom stereocenters. The molecule has 0 aliphatic rings. The monoisotopic (exact) mass is 326 g/mol. The molecule has 0 atom stereocenters. The third kappa shape index (κ3) is 3.44. The summed E-state index contributed by atoms with van der Waals surface area (Å²) in [7, 11) is -3.81. The van der Waals surface area contributed by atoms with Crippen LogP contribution < -0.4 is 10.5 Å². The van der Waals surface area contributed by atoms with Crippen LogP contribution in [0.1, 0.15) is 0 Å². The van der Waals surface area contributed by atoms with E-state index in [1.165, 1.54) is 18.2 Å². The van der Waals surface area contributed by atoms with E-state index in [1.807, 2.05) is 4.72 Å². The number of halogens is 2. The van der Waals surface area contributed by atoms with Crippen molar-refractivity contribution in [3.8, 4) is 0 Å². The minimum absolute atomic E-state index is 0.0614. The van der Waals surface area contributed by atoms with Crippen LogP contribution in [-0.4, -0.2) is 20.9 Å². The molecule has 8 heteroatoms. The van der Waals surface area contributed by atoms with Crippen LogP contribution in [0, 0.1) is 0 Å². The predicted octanol–water partition coefficient (Wildman–Crippen LogP) is 0.866. The third-order valence-electron chi connectivity index (χ3n) is 1.62. The summed E-state index contributed by atoms with van der Waals surface area (Å²) in [5, 5.41) is 0.0614. The van der Waals surface area contributed by atoms with Crippen molar-refractivity contribution in [3.05, 3.63) is 27.7 Å². The van der Waals surface area contributed by atoms with Gasteiger partial charge in [0.05, 0.1) is 11.6 Å². The molecule has 0 aliphatic carbocycles. The van der Waals surface area contributed by atoms with Crippen molar-refractivity contribution in [2.24, 2.45) is 5.73 Å². The number of hydrogen-bond acceptors (Lipinski definition) is 3. The molecule has 1 rings (SSSR count). The highest BCUT2D eigenvalue weighted by Crippen LogP contribution is 2.24. The second-order valence-corrected chi connectivity index (χ2v) is 5.92. The summed E-state index contributed by atoms with van der Waals surface area (Å²) in [5.41, 5.74) is 4.83. The van der Waals surface area contributed by atoms with Crippen molar-refractivity contribution in [2.75, 3.05) is 6.54 Å². The topological polar surface area (TPSA) is 89.3 Å². The van der Waals surface area contributed by atoms with Crippen LogP contribution in [0.2, 0.25) is 5.02 Å². The number of nitrogens with one attached hydrogen (secondary N) is 1. The van der Waals surface area contributed by atoms with Gasteiger partial charge in [-0.3, -0.25) is 4.79 Å². The molecular weight excluding hydrogens is 320 g/mol. The van der Waals surface area contributed by atoms with Crippen molar-refractivity contribution in [1.29, 1.82) is 0 Å². The molecule has 88 valence electrons. The van der Waals surface area contributed by atoms with Crippen LogP contribution >= 0.6 is 27.5 Å². The van der Waals surface area contributed by atoms with E-state index in [1.54, 1.807) is 0 Å². The zero-order valence-corrected chi connectivity index (χ0v) is 11.1. The molecule has 1 amide bonds. The Balaban J connectivity index is 3.03. The molecular formula is C8H8BrClN2O3S. The fraction of sp³-hybridized carbons (Fsp3) is 0.125. The molecule has 5 nitrogen and oxygen atoms in total. The van der Waals surface area contributed by atoms with Crippen molar-refractivity contribution in [3.63, 3.8) is 0 Å². The van der Waals surface area contributed by atoms with Gasteiger partial charge in [0.15, 0.2) is 0 Å². The van der Waals surface area contributed by atoms with Crippen molar-refractivity contribution in [1.82, 2.24) is 4.72 Å². The van der Waals surface area contributed by atoms with E-state index in [-0.39, 0.29) is 9.92 Å². The van der Waals surface area contributed by atoms with E-state index in [2.05, 4.69) is 15.9 Å². The van der Waals surface area contributed by atoms with E-state index < -0.39 is 22.5 Å². The number of carbonyl (C=O) groups excluding carboxylic acids is 1. The first kappa shape index (κ1) is 13.4. The van der Waals surface area contributed by atoms with Crippen LogP contribution in [0.5, 0.6) is 0 Å². The van der Waals surface area contributed by atoms with Gasteiger partial charge < -0.3 is 5.73 Å². The number of nitrogens with two attached hydrogens (primary N) is 1. The standard InChI is InChI=1S/C8H8BrClN2O3S/c9-5-1-2-7(6(10)3-5)16(14,15)12-4-8(11)13/h1-3,12H,4H2,(H2,11,13). The Labute approximate surface area is 106 Å². The smallest absolute Gasteiger partial charge is 0.242 e. The Hall–Kier alpha value is -0.630. The van der Waals surface area contributed by atoms with Crippen LogP contribution in [0.3, 0.4) is 0 Å².